The third-order valence-electron chi connectivity index (χ3n) is 5.62. The van der Waals surface area contributed by atoms with Crippen LogP contribution in [0.25, 0.3) is 11.4 Å². The zero-order valence-corrected chi connectivity index (χ0v) is 20.8. The van der Waals surface area contributed by atoms with E-state index in [-0.39, 0.29) is 18.2 Å². The number of hydrogen-bond donors (Lipinski definition) is 0. The van der Waals surface area contributed by atoms with E-state index in [0.717, 1.165) is 12.8 Å². The van der Waals surface area contributed by atoms with Gasteiger partial charge in [0.1, 0.15) is 5.75 Å². The summed E-state index contributed by atoms with van der Waals surface area (Å²) in [5.74, 6) is -0.301. The normalized spacial score (nSPS) is 10.6. The Balaban J connectivity index is 1.77. The number of unbranched alkanes of at least 4 members (excludes halogenated alkanes) is 1. The number of nitrogens with zero attached hydrogens (tertiary/aromatic N) is 2. The van der Waals surface area contributed by atoms with Gasteiger partial charge < -0.3 is 14.2 Å². The number of ether oxygens (including phenoxy) is 3. The highest BCUT2D eigenvalue weighted by Crippen LogP contribution is 2.27. The summed E-state index contributed by atoms with van der Waals surface area (Å²) in [7, 11) is 0. The van der Waals surface area contributed by atoms with Crippen molar-refractivity contribution in [2.24, 2.45) is 0 Å². The lowest BCUT2D eigenvalue weighted by molar-refractivity contribution is -0.131. The van der Waals surface area contributed by atoms with Gasteiger partial charge in [0, 0.05) is 6.92 Å². The molecule has 0 radical (unpaired) electrons. The SMILES string of the molecule is CCCCc1c(OCOC(=O)c2ccccc2)n(-c2ccc(OC(C)=O)cc2)n(-c2ccccc2)c1=O. The average molecular weight is 501 g/mol. The van der Waals surface area contributed by atoms with Gasteiger partial charge in [-0.15, -0.1) is 0 Å². The molecule has 0 aliphatic rings. The second kappa shape index (κ2) is 11.9. The monoisotopic (exact) mass is 500 g/mol. The molecular formula is C29H28N2O6. The van der Waals surface area contributed by atoms with E-state index < -0.39 is 11.9 Å². The third kappa shape index (κ3) is 5.98. The maximum Gasteiger partial charge on any atom is 0.340 e. The van der Waals surface area contributed by atoms with Crippen molar-refractivity contribution in [3.05, 3.63) is 106 Å². The molecule has 190 valence electrons. The first-order valence-electron chi connectivity index (χ1n) is 12.1. The van der Waals surface area contributed by atoms with Gasteiger partial charge in [-0.3, -0.25) is 9.59 Å². The second-order valence-electron chi connectivity index (χ2n) is 8.30. The Bertz CT molecular complexity index is 1410. The van der Waals surface area contributed by atoms with Crippen molar-refractivity contribution >= 4 is 11.9 Å². The molecule has 0 saturated heterocycles. The van der Waals surface area contributed by atoms with Crippen molar-refractivity contribution in [2.45, 2.75) is 33.1 Å². The molecule has 1 heterocycles. The maximum absolute atomic E-state index is 13.7. The van der Waals surface area contributed by atoms with Crippen LogP contribution in [0.2, 0.25) is 0 Å². The lowest BCUT2D eigenvalue weighted by Crippen LogP contribution is -2.21. The Morgan fingerprint density at radius 3 is 2.05 bits per heavy atom. The van der Waals surface area contributed by atoms with E-state index in [2.05, 4.69) is 0 Å². The first-order valence-corrected chi connectivity index (χ1v) is 12.1. The minimum Gasteiger partial charge on any atom is -0.440 e. The number of aromatic nitrogens is 2. The van der Waals surface area contributed by atoms with Crippen LogP contribution in [0.5, 0.6) is 11.6 Å². The lowest BCUT2D eigenvalue weighted by atomic mass is 10.1. The number of carbonyl (C=O) groups is 2. The molecule has 4 aromatic rings. The summed E-state index contributed by atoms with van der Waals surface area (Å²) in [4.78, 5) is 37.5. The van der Waals surface area contributed by atoms with Crippen molar-refractivity contribution in [3.8, 4) is 23.0 Å². The Labute approximate surface area is 214 Å². The highest BCUT2D eigenvalue weighted by Gasteiger charge is 2.24. The van der Waals surface area contributed by atoms with Crippen LogP contribution in [0, 0.1) is 0 Å². The molecule has 0 spiro atoms. The third-order valence-corrected chi connectivity index (χ3v) is 5.62. The Morgan fingerprint density at radius 1 is 0.811 bits per heavy atom. The first kappa shape index (κ1) is 25.5. The number of para-hydroxylation sites is 1. The van der Waals surface area contributed by atoms with E-state index in [4.69, 9.17) is 14.2 Å². The van der Waals surface area contributed by atoms with Crippen molar-refractivity contribution in [1.82, 2.24) is 9.36 Å². The van der Waals surface area contributed by atoms with Gasteiger partial charge in [0.15, 0.2) is 0 Å². The highest BCUT2D eigenvalue weighted by molar-refractivity contribution is 5.89. The minimum atomic E-state index is -0.530. The van der Waals surface area contributed by atoms with Crippen molar-refractivity contribution in [2.75, 3.05) is 6.79 Å². The van der Waals surface area contributed by atoms with Crippen LogP contribution in [-0.2, 0) is 16.0 Å². The molecule has 0 fully saturated rings. The molecule has 8 nitrogen and oxygen atoms in total. The summed E-state index contributed by atoms with van der Waals surface area (Å²) in [6.45, 7) is 2.99. The fourth-order valence-electron chi connectivity index (χ4n) is 3.90. The molecule has 0 aliphatic heterocycles. The van der Waals surface area contributed by atoms with Crippen LogP contribution >= 0.6 is 0 Å². The van der Waals surface area contributed by atoms with Crippen LogP contribution < -0.4 is 15.0 Å². The van der Waals surface area contributed by atoms with Crippen molar-refractivity contribution < 1.29 is 23.8 Å². The smallest absolute Gasteiger partial charge is 0.340 e. The molecule has 37 heavy (non-hydrogen) atoms. The van der Waals surface area contributed by atoms with Crippen molar-refractivity contribution in [1.29, 1.82) is 0 Å². The van der Waals surface area contributed by atoms with Crippen LogP contribution in [-0.4, -0.2) is 28.1 Å². The van der Waals surface area contributed by atoms with E-state index in [1.165, 1.54) is 11.6 Å². The van der Waals surface area contributed by atoms with E-state index >= 15 is 0 Å². The van der Waals surface area contributed by atoms with Gasteiger partial charge in [-0.25, -0.2) is 14.2 Å². The molecular weight excluding hydrogens is 472 g/mol. The van der Waals surface area contributed by atoms with Crippen LogP contribution in [0.15, 0.2) is 89.7 Å². The molecule has 0 unspecified atom stereocenters. The standard InChI is InChI=1S/C29H28N2O6/c1-3-4-15-26-27(33)30(23-13-9-6-10-14-23)31(24-16-18-25(19-17-24)37-21(2)32)28(26)35-20-36-29(34)22-11-7-5-8-12-22/h5-14,16-19H,3-4,15,20H2,1-2H3. The first-order chi connectivity index (χ1) is 18.0. The lowest BCUT2D eigenvalue weighted by Gasteiger charge is -2.16. The van der Waals surface area contributed by atoms with E-state index in [1.54, 1.807) is 53.2 Å². The fraction of sp³-hybridized carbons (Fsp3) is 0.207. The van der Waals surface area contributed by atoms with Crippen molar-refractivity contribution in [3.63, 3.8) is 0 Å². The zero-order chi connectivity index (χ0) is 26.2. The summed E-state index contributed by atoms with van der Waals surface area (Å²) >= 11 is 0. The van der Waals surface area contributed by atoms with Gasteiger partial charge in [0.05, 0.1) is 22.5 Å². The van der Waals surface area contributed by atoms with Gasteiger partial charge in [0.25, 0.3) is 5.56 Å². The maximum atomic E-state index is 13.7. The summed E-state index contributed by atoms with van der Waals surface area (Å²) in [6, 6.07) is 24.6. The fourth-order valence-corrected chi connectivity index (χ4v) is 3.90. The van der Waals surface area contributed by atoms with Gasteiger partial charge >= 0.3 is 11.9 Å². The molecule has 8 heteroatoms. The number of benzene rings is 3. The molecule has 0 atom stereocenters. The number of carbonyl (C=O) groups excluding carboxylic acids is 2. The average Bonchev–Trinajstić information content (AvgIpc) is 3.19. The van der Waals surface area contributed by atoms with Gasteiger partial charge in [0.2, 0.25) is 12.7 Å². The quantitative estimate of drug-likeness (QED) is 0.171. The predicted octanol–water partition coefficient (Wildman–Crippen LogP) is 5.09. The van der Waals surface area contributed by atoms with E-state index in [1.807, 2.05) is 43.3 Å². The predicted molar refractivity (Wildman–Crippen MR) is 139 cm³/mol. The van der Waals surface area contributed by atoms with Gasteiger partial charge in [-0.1, -0.05) is 49.7 Å². The second-order valence-corrected chi connectivity index (χ2v) is 8.30. The van der Waals surface area contributed by atoms with Crippen LogP contribution in [0.3, 0.4) is 0 Å². The van der Waals surface area contributed by atoms with Gasteiger partial charge in [-0.05, 0) is 61.4 Å². The summed E-state index contributed by atoms with van der Waals surface area (Å²) in [5.41, 5.74) is 1.89. The summed E-state index contributed by atoms with van der Waals surface area (Å²) in [5, 5.41) is 0. The number of esters is 2. The number of rotatable bonds is 10. The molecule has 0 saturated carbocycles. The Morgan fingerprint density at radius 2 is 1.43 bits per heavy atom. The molecule has 3 aromatic carbocycles. The summed E-state index contributed by atoms with van der Waals surface area (Å²) in [6.07, 6.45) is 2.15. The van der Waals surface area contributed by atoms with Gasteiger partial charge in [-0.2, -0.15) is 0 Å². The topological polar surface area (TPSA) is 88.8 Å². The van der Waals surface area contributed by atoms with E-state index in [0.29, 0.717) is 34.7 Å². The van der Waals surface area contributed by atoms with E-state index in [9.17, 15) is 14.4 Å². The Hall–Kier alpha value is -4.59. The molecule has 4 rings (SSSR count). The minimum absolute atomic E-state index is 0.229. The number of hydrogen-bond acceptors (Lipinski definition) is 6. The highest BCUT2D eigenvalue weighted by atomic mass is 16.7. The largest absolute Gasteiger partial charge is 0.440 e. The zero-order valence-electron chi connectivity index (χ0n) is 20.8. The van der Waals surface area contributed by atoms with Crippen LogP contribution in [0.4, 0.5) is 0 Å². The Kier molecular flexibility index (Phi) is 8.20. The van der Waals surface area contributed by atoms with Crippen LogP contribution in [0.1, 0.15) is 42.6 Å². The molecule has 0 amide bonds. The molecule has 0 N–H and O–H groups in total. The molecule has 0 aliphatic carbocycles. The summed E-state index contributed by atoms with van der Waals surface area (Å²) < 4.78 is 19.7. The molecule has 0 bridgehead atoms. The molecule has 1 aromatic heterocycles.